The summed E-state index contributed by atoms with van der Waals surface area (Å²) >= 11 is 3.31. The predicted octanol–water partition coefficient (Wildman–Crippen LogP) is 2.24. The number of nitrogens with one attached hydrogen (secondary N) is 2. The highest BCUT2D eigenvalue weighted by atomic mass is 79.9. The molecule has 0 fully saturated rings. The third kappa shape index (κ3) is 4.07. The smallest absolute Gasteiger partial charge is 0.333 e. The molecule has 1 amide bonds. The molecule has 9 heteroatoms. The van der Waals surface area contributed by atoms with Crippen LogP contribution in [0.1, 0.15) is 16.1 Å². The second kappa shape index (κ2) is 7.23. The number of nitrogens with zero attached hydrogens (tertiary/aromatic N) is 3. The molecule has 0 aliphatic heterocycles. The zero-order valence-corrected chi connectivity index (χ0v) is 14.3. The summed E-state index contributed by atoms with van der Waals surface area (Å²) in [6.07, 6.45) is 0. The number of anilines is 1. The van der Waals surface area contributed by atoms with E-state index in [1.807, 2.05) is 0 Å². The van der Waals surface area contributed by atoms with Crippen LogP contribution in [-0.4, -0.2) is 33.7 Å². The fraction of sp³-hybridized carbons (Fsp3) is 0.286. The topological polar surface area (TPSA) is 102 Å². The van der Waals surface area contributed by atoms with E-state index in [9.17, 15) is 14.9 Å². The van der Waals surface area contributed by atoms with Gasteiger partial charge in [0.05, 0.1) is 4.92 Å². The second-order valence-corrected chi connectivity index (χ2v) is 5.77. The first-order chi connectivity index (χ1) is 10.9. The Morgan fingerprint density at radius 3 is 2.61 bits per heavy atom. The highest BCUT2D eigenvalue weighted by Crippen LogP contribution is 2.26. The first kappa shape index (κ1) is 16.9. The lowest BCUT2D eigenvalue weighted by molar-refractivity contribution is -0.384. The van der Waals surface area contributed by atoms with Crippen LogP contribution in [-0.2, 0) is 7.05 Å². The van der Waals surface area contributed by atoms with Crippen molar-refractivity contribution in [3.05, 3.63) is 50.1 Å². The fourth-order valence-electron chi connectivity index (χ4n) is 2.12. The zero-order chi connectivity index (χ0) is 17.0. The number of nitro groups is 1. The highest BCUT2D eigenvalue weighted by Gasteiger charge is 2.23. The summed E-state index contributed by atoms with van der Waals surface area (Å²) in [5.74, 6) is 0.125. The molecule has 2 rings (SSSR count). The van der Waals surface area contributed by atoms with Gasteiger partial charge in [0, 0.05) is 30.2 Å². The molecule has 0 aliphatic carbocycles. The van der Waals surface area contributed by atoms with Crippen LogP contribution in [0.4, 0.5) is 11.5 Å². The minimum absolute atomic E-state index is 0.0493. The van der Waals surface area contributed by atoms with Crippen molar-refractivity contribution in [1.82, 2.24) is 15.1 Å². The molecule has 1 heterocycles. The van der Waals surface area contributed by atoms with E-state index in [1.165, 1.54) is 4.68 Å². The zero-order valence-electron chi connectivity index (χ0n) is 12.7. The molecule has 2 N–H and O–H groups in total. The lowest BCUT2D eigenvalue weighted by Crippen LogP contribution is -2.29. The van der Waals surface area contributed by atoms with E-state index in [-0.39, 0.29) is 11.6 Å². The number of carbonyl (C=O) groups excluding carboxylic acids is 1. The molecule has 0 saturated heterocycles. The number of carbonyl (C=O) groups is 1. The van der Waals surface area contributed by atoms with Crippen molar-refractivity contribution in [3.8, 4) is 0 Å². The quantitative estimate of drug-likeness (QED) is 0.453. The average molecular weight is 382 g/mol. The Morgan fingerprint density at radius 1 is 1.35 bits per heavy atom. The van der Waals surface area contributed by atoms with Crippen LogP contribution in [0, 0.1) is 17.0 Å². The summed E-state index contributed by atoms with van der Waals surface area (Å²) in [4.78, 5) is 22.5. The van der Waals surface area contributed by atoms with Crippen LogP contribution < -0.4 is 10.6 Å². The van der Waals surface area contributed by atoms with E-state index in [1.54, 1.807) is 38.2 Å². The van der Waals surface area contributed by atoms with E-state index < -0.39 is 4.92 Å². The van der Waals surface area contributed by atoms with Crippen molar-refractivity contribution < 1.29 is 9.72 Å². The third-order valence-electron chi connectivity index (χ3n) is 3.18. The summed E-state index contributed by atoms with van der Waals surface area (Å²) in [7, 11) is 1.63. The molecule has 1 aromatic heterocycles. The number of aromatic nitrogens is 2. The Hall–Kier alpha value is -2.42. The average Bonchev–Trinajstić information content (AvgIpc) is 2.78. The molecular formula is C14H16BrN5O3. The summed E-state index contributed by atoms with van der Waals surface area (Å²) in [6, 6.07) is 6.99. The van der Waals surface area contributed by atoms with Gasteiger partial charge in [0.1, 0.15) is 5.69 Å². The van der Waals surface area contributed by atoms with Crippen LogP contribution in [0.3, 0.4) is 0 Å². The normalized spacial score (nSPS) is 10.4. The van der Waals surface area contributed by atoms with Gasteiger partial charge in [-0.25, -0.2) is 4.68 Å². The van der Waals surface area contributed by atoms with Crippen molar-refractivity contribution in [2.75, 3.05) is 18.4 Å². The molecule has 0 saturated carbocycles. The summed E-state index contributed by atoms with van der Waals surface area (Å²) in [5, 5.41) is 20.8. The lowest BCUT2D eigenvalue weighted by Gasteiger charge is -2.08. The van der Waals surface area contributed by atoms with Crippen LogP contribution in [0.25, 0.3) is 0 Å². The number of benzene rings is 1. The SMILES string of the molecule is Cc1nn(C)c(NCCNC(=O)c2ccc(Br)cc2)c1[N+](=O)[O-]. The molecular weight excluding hydrogens is 366 g/mol. The number of hydrogen-bond acceptors (Lipinski definition) is 5. The van der Waals surface area contributed by atoms with Gasteiger partial charge in [0.15, 0.2) is 0 Å². The van der Waals surface area contributed by atoms with Crippen molar-refractivity contribution in [1.29, 1.82) is 0 Å². The molecule has 1 aromatic carbocycles. The van der Waals surface area contributed by atoms with E-state index in [2.05, 4.69) is 31.7 Å². The Balaban J connectivity index is 1.90. The lowest BCUT2D eigenvalue weighted by atomic mass is 10.2. The van der Waals surface area contributed by atoms with Crippen LogP contribution in [0.15, 0.2) is 28.7 Å². The van der Waals surface area contributed by atoms with Gasteiger partial charge in [-0.2, -0.15) is 5.10 Å². The number of amides is 1. The minimum Gasteiger partial charge on any atom is -0.363 e. The molecule has 0 bridgehead atoms. The van der Waals surface area contributed by atoms with Gasteiger partial charge in [-0.15, -0.1) is 0 Å². The highest BCUT2D eigenvalue weighted by molar-refractivity contribution is 9.10. The summed E-state index contributed by atoms with van der Waals surface area (Å²) < 4.78 is 2.32. The van der Waals surface area contributed by atoms with E-state index in [0.29, 0.717) is 30.2 Å². The number of rotatable bonds is 6. The maximum Gasteiger partial charge on any atom is 0.333 e. The molecule has 0 spiro atoms. The monoisotopic (exact) mass is 381 g/mol. The van der Waals surface area contributed by atoms with Gasteiger partial charge in [0.25, 0.3) is 5.91 Å². The maximum absolute atomic E-state index is 11.9. The van der Waals surface area contributed by atoms with Crippen LogP contribution >= 0.6 is 15.9 Å². The van der Waals surface area contributed by atoms with Crippen molar-refractivity contribution >= 4 is 33.3 Å². The predicted molar refractivity (Wildman–Crippen MR) is 89.6 cm³/mol. The van der Waals surface area contributed by atoms with Crippen LogP contribution in [0.2, 0.25) is 0 Å². The first-order valence-corrected chi connectivity index (χ1v) is 7.65. The Kier molecular flexibility index (Phi) is 5.32. The molecule has 122 valence electrons. The van der Waals surface area contributed by atoms with Gasteiger partial charge in [-0.05, 0) is 31.2 Å². The molecule has 0 aliphatic rings. The van der Waals surface area contributed by atoms with Crippen molar-refractivity contribution in [2.24, 2.45) is 7.05 Å². The van der Waals surface area contributed by atoms with Gasteiger partial charge >= 0.3 is 5.69 Å². The fourth-order valence-corrected chi connectivity index (χ4v) is 2.39. The maximum atomic E-state index is 11.9. The van der Waals surface area contributed by atoms with Gasteiger partial charge in [-0.3, -0.25) is 14.9 Å². The summed E-state index contributed by atoms with van der Waals surface area (Å²) in [6.45, 7) is 2.26. The molecule has 8 nitrogen and oxygen atoms in total. The Morgan fingerprint density at radius 2 is 2.00 bits per heavy atom. The largest absolute Gasteiger partial charge is 0.363 e. The third-order valence-corrected chi connectivity index (χ3v) is 3.71. The Labute approximate surface area is 141 Å². The minimum atomic E-state index is -0.467. The molecule has 0 atom stereocenters. The number of aryl methyl sites for hydroxylation is 2. The van der Waals surface area contributed by atoms with Crippen molar-refractivity contribution in [3.63, 3.8) is 0 Å². The van der Waals surface area contributed by atoms with E-state index >= 15 is 0 Å². The Bertz CT molecular complexity index is 727. The molecule has 2 aromatic rings. The molecule has 0 radical (unpaired) electrons. The second-order valence-electron chi connectivity index (χ2n) is 4.85. The first-order valence-electron chi connectivity index (χ1n) is 6.85. The van der Waals surface area contributed by atoms with Crippen LogP contribution in [0.5, 0.6) is 0 Å². The molecule has 23 heavy (non-hydrogen) atoms. The van der Waals surface area contributed by atoms with E-state index in [0.717, 1.165) is 4.47 Å². The molecule has 0 unspecified atom stereocenters. The van der Waals surface area contributed by atoms with Crippen molar-refractivity contribution in [2.45, 2.75) is 6.92 Å². The van der Waals surface area contributed by atoms with Gasteiger partial charge in [0.2, 0.25) is 5.82 Å². The number of hydrogen-bond donors (Lipinski definition) is 2. The van der Waals surface area contributed by atoms with E-state index in [4.69, 9.17) is 0 Å². The number of halogens is 1. The van der Waals surface area contributed by atoms with Gasteiger partial charge < -0.3 is 10.6 Å². The summed E-state index contributed by atoms with van der Waals surface area (Å²) in [5.41, 5.74) is 0.848. The van der Waals surface area contributed by atoms with Gasteiger partial charge in [-0.1, -0.05) is 15.9 Å². The standard InChI is InChI=1S/C14H16BrN5O3/c1-9-12(20(22)23)13(19(2)18-9)16-7-8-17-14(21)10-3-5-11(15)6-4-10/h3-6,16H,7-8H2,1-2H3,(H,17,21).